The molecule has 0 atom stereocenters. The SMILES string of the molecule is CCOc1ccc(C(=O)NC(=S)Nc2ccc(NC(=O)c3cccs3)cc2)cc1. The molecule has 3 aromatic rings. The third-order valence-electron chi connectivity index (χ3n) is 3.80. The van der Waals surface area contributed by atoms with Gasteiger partial charge in [-0.1, -0.05) is 6.07 Å². The van der Waals surface area contributed by atoms with E-state index in [2.05, 4.69) is 16.0 Å². The van der Waals surface area contributed by atoms with Gasteiger partial charge in [-0.15, -0.1) is 11.3 Å². The number of thiocarbonyl (C=S) groups is 1. The average molecular weight is 426 g/mol. The van der Waals surface area contributed by atoms with Crippen molar-refractivity contribution in [3.63, 3.8) is 0 Å². The van der Waals surface area contributed by atoms with Crippen molar-refractivity contribution >= 4 is 51.9 Å². The maximum atomic E-state index is 12.3. The number of amides is 2. The molecule has 1 heterocycles. The van der Waals surface area contributed by atoms with Crippen molar-refractivity contribution < 1.29 is 14.3 Å². The molecule has 0 spiro atoms. The summed E-state index contributed by atoms with van der Waals surface area (Å²) in [7, 11) is 0. The summed E-state index contributed by atoms with van der Waals surface area (Å²) in [6, 6.07) is 17.4. The molecule has 0 aliphatic heterocycles. The predicted octanol–water partition coefficient (Wildman–Crippen LogP) is 4.53. The maximum absolute atomic E-state index is 12.3. The summed E-state index contributed by atoms with van der Waals surface area (Å²) in [4.78, 5) is 25.0. The van der Waals surface area contributed by atoms with E-state index in [1.54, 1.807) is 54.6 Å². The van der Waals surface area contributed by atoms with E-state index in [1.807, 2.05) is 18.4 Å². The van der Waals surface area contributed by atoms with Crippen LogP contribution >= 0.6 is 23.6 Å². The van der Waals surface area contributed by atoms with E-state index >= 15 is 0 Å². The number of anilines is 2. The van der Waals surface area contributed by atoms with E-state index in [9.17, 15) is 9.59 Å². The molecule has 0 aliphatic carbocycles. The van der Waals surface area contributed by atoms with Gasteiger partial charge in [0.05, 0.1) is 11.5 Å². The van der Waals surface area contributed by atoms with E-state index in [1.165, 1.54) is 11.3 Å². The second kappa shape index (κ2) is 9.81. The molecular weight excluding hydrogens is 406 g/mol. The highest BCUT2D eigenvalue weighted by molar-refractivity contribution is 7.80. The monoisotopic (exact) mass is 425 g/mol. The molecule has 0 aliphatic rings. The Hall–Kier alpha value is -3.23. The first kappa shape index (κ1) is 20.5. The molecule has 0 bridgehead atoms. The molecule has 6 nitrogen and oxygen atoms in total. The third kappa shape index (κ3) is 5.87. The van der Waals surface area contributed by atoms with Crippen molar-refractivity contribution in [1.82, 2.24) is 5.32 Å². The van der Waals surface area contributed by atoms with Crippen LogP contribution in [0.3, 0.4) is 0 Å². The van der Waals surface area contributed by atoms with Gasteiger partial charge in [0, 0.05) is 16.9 Å². The average Bonchev–Trinajstić information content (AvgIpc) is 3.25. The van der Waals surface area contributed by atoms with E-state index < -0.39 is 0 Å². The molecule has 3 rings (SSSR count). The molecule has 3 N–H and O–H groups in total. The fourth-order valence-corrected chi connectivity index (χ4v) is 3.27. The Labute approximate surface area is 177 Å². The fourth-order valence-electron chi connectivity index (χ4n) is 2.44. The standard InChI is InChI=1S/C21H19N3O3S2/c1-2-27-17-11-5-14(6-12-17)19(25)24-21(28)23-16-9-7-15(8-10-16)22-20(26)18-4-3-13-29-18/h3-13H,2H2,1H3,(H,22,26)(H2,23,24,25,28). The lowest BCUT2D eigenvalue weighted by Crippen LogP contribution is -2.34. The lowest BCUT2D eigenvalue weighted by Gasteiger charge is -2.11. The molecule has 29 heavy (non-hydrogen) atoms. The lowest BCUT2D eigenvalue weighted by atomic mass is 10.2. The molecule has 0 saturated heterocycles. The summed E-state index contributed by atoms with van der Waals surface area (Å²) in [5.74, 6) is 0.236. The van der Waals surface area contributed by atoms with Crippen molar-refractivity contribution in [3.05, 3.63) is 76.5 Å². The number of carbonyl (C=O) groups excluding carboxylic acids is 2. The number of thiophene rings is 1. The van der Waals surface area contributed by atoms with Gasteiger partial charge in [0.2, 0.25) is 0 Å². The summed E-state index contributed by atoms with van der Waals surface area (Å²) in [5, 5.41) is 10.4. The van der Waals surface area contributed by atoms with Crippen molar-refractivity contribution in [2.24, 2.45) is 0 Å². The summed E-state index contributed by atoms with van der Waals surface area (Å²) >= 11 is 6.58. The van der Waals surface area contributed by atoms with Crippen molar-refractivity contribution in [2.45, 2.75) is 6.92 Å². The van der Waals surface area contributed by atoms with E-state index in [0.29, 0.717) is 34.2 Å². The van der Waals surface area contributed by atoms with Crippen molar-refractivity contribution in [3.8, 4) is 5.75 Å². The van der Waals surface area contributed by atoms with Gasteiger partial charge in [-0.05, 0) is 79.1 Å². The van der Waals surface area contributed by atoms with Crippen LogP contribution in [0.15, 0.2) is 66.0 Å². The van der Waals surface area contributed by atoms with E-state index in [0.717, 1.165) is 0 Å². The number of nitrogens with one attached hydrogen (secondary N) is 3. The Morgan fingerprint density at radius 1 is 0.931 bits per heavy atom. The topological polar surface area (TPSA) is 79.5 Å². The Morgan fingerprint density at radius 3 is 2.17 bits per heavy atom. The van der Waals surface area contributed by atoms with Gasteiger partial charge in [0.25, 0.3) is 11.8 Å². The molecule has 0 saturated carbocycles. The largest absolute Gasteiger partial charge is 0.494 e. The fraction of sp³-hybridized carbons (Fsp3) is 0.0952. The molecule has 0 unspecified atom stereocenters. The molecule has 0 radical (unpaired) electrons. The number of ether oxygens (including phenoxy) is 1. The molecule has 2 amide bonds. The van der Waals surface area contributed by atoms with Gasteiger partial charge < -0.3 is 15.4 Å². The van der Waals surface area contributed by atoms with Gasteiger partial charge in [-0.3, -0.25) is 14.9 Å². The zero-order valence-electron chi connectivity index (χ0n) is 15.6. The van der Waals surface area contributed by atoms with Crippen LogP contribution in [0.4, 0.5) is 11.4 Å². The van der Waals surface area contributed by atoms with Crippen LogP contribution in [0.1, 0.15) is 27.0 Å². The normalized spacial score (nSPS) is 10.1. The summed E-state index contributed by atoms with van der Waals surface area (Å²) in [6.07, 6.45) is 0. The molecular formula is C21H19N3O3S2. The first-order valence-electron chi connectivity index (χ1n) is 8.85. The molecule has 148 valence electrons. The molecule has 2 aromatic carbocycles. The Bertz CT molecular complexity index is 985. The summed E-state index contributed by atoms with van der Waals surface area (Å²) < 4.78 is 5.36. The molecule has 0 fully saturated rings. The van der Waals surface area contributed by atoms with Gasteiger partial charge >= 0.3 is 0 Å². The van der Waals surface area contributed by atoms with Crippen LogP contribution < -0.4 is 20.7 Å². The van der Waals surface area contributed by atoms with Crippen molar-refractivity contribution in [1.29, 1.82) is 0 Å². The van der Waals surface area contributed by atoms with Crippen LogP contribution in [-0.4, -0.2) is 23.5 Å². The van der Waals surface area contributed by atoms with Crippen LogP contribution in [0, 0.1) is 0 Å². The summed E-state index contributed by atoms with van der Waals surface area (Å²) in [5.41, 5.74) is 1.83. The lowest BCUT2D eigenvalue weighted by molar-refractivity contribution is 0.0976. The molecule has 1 aromatic heterocycles. The number of hydrogen-bond donors (Lipinski definition) is 3. The van der Waals surface area contributed by atoms with Gasteiger partial charge in [-0.2, -0.15) is 0 Å². The highest BCUT2D eigenvalue weighted by Gasteiger charge is 2.09. The third-order valence-corrected chi connectivity index (χ3v) is 4.87. The first-order chi connectivity index (χ1) is 14.0. The highest BCUT2D eigenvalue weighted by atomic mass is 32.1. The van der Waals surface area contributed by atoms with E-state index in [-0.39, 0.29) is 16.9 Å². The zero-order valence-corrected chi connectivity index (χ0v) is 17.2. The van der Waals surface area contributed by atoms with Crippen LogP contribution in [0.2, 0.25) is 0 Å². The quantitative estimate of drug-likeness (QED) is 0.506. The smallest absolute Gasteiger partial charge is 0.265 e. The minimum atomic E-state index is -0.314. The molecule has 8 heteroatoms. The zero-order chi connectivity index (χ0) is 20.6. The maximum Gasteiger partial charge on any atom is 0.265 e. The predicted molar refractivity (Wildman–Crippen MR) is 120 cm³/mol. The Kier molecular flexibility index (Phi) is 6.94. The number of hydrogen-bond acceptors (Lipinski definition) is 5. The van der Waals surface area contributed by atoms with Gasteiger partial charge in [0.15, 0.2) is 5.11 Å². The van der Waals surface area contributed by atoms with Crippen LogP contribution in [-0.2, 0) is 0 Å². The number of rotatable bonds is 6. The van der Waals surface area contributed by atoms with Gasteiger partial charge in [-0.25, -0.2) is 0 Å². The van der Waals surface area contributed by atoms with Crippen molar-refractivity contribution in [2.75, 3.05) is 17.2 Å². The number of benzene rings is 2. The highest BCUT2D eigenvalue weighted by Crippen LogP contribution is 2.16. The second-order valence-electron chi connectivity index (χ2n) is 5.87. The minimum absolute atomic E-state index is 0.154. The van der Waals surface area contributed by atoms with Crippen LogP contribution in [0.5, 0.6) is 5.75 Å². The first-order valence-corrected chi connectivity index (χ1v) is 10.1. The second-order valence-corrected chi connectivity index (χ2v) is 7.23. The van der Waals surface area contributed by atoms with Gasteiger partial charge in [0.1, 0.15) is 5.75 Å². The number of carbonyl (C=O) groups is 2. The Morgan fingerprint density at radius 2 is 1.59 bits per heavy atom. The Balaban J connectivity index is 1.52. The summed E-state index contributed by atoms with van der Waals surface area (Å²) in [6.45, 7) is 2.46. The van der Waals surface area contributed by atoms with E-state index in [4.69, 9.17) is 17.0 Å². The minimum Gasteiger partial charge on any atom is -0.494 e. The van der Waals surface area contributed by atoms with Crippen LogP contribution in [0.25, 0.3) is 0 Å².